The van der Waals surface area contributed by atoms with Crippen molar-refractivity contribution in [1.82, 2.24) is 4.98 Å². The molecular formula is C13H11Cl2N3O3. The van der Waals surface area contributed by atoms with Gasteiger partial charge >= 0.3 is 11.6 Å². The van der Waals surface area contributed by atoms with E-state index < -0.39 is 4.92 Å². The Kier molecular flexibility index (Phi) is 4.82. The zero-order valence-electron chi connectivity index (χ0n) is 11.0. The van der Waals surface area contributed by atoms with Crippen LogP contribution in [0, 0.1) is 10.1 Å². The SMILES string of the molecule is CCNc1ccc([N+](=O)[O-])c(Oc2cc(Cl)ccc2Cl)n1. The molecule has 8 heteroatoms. The molecule has 0 atom stereocenters. The fraction of sp³-hybridized carbons (Fsp3) is 0.154. The zero-order valence-corrected chi connectivity index (χ0v) is 12.5. The van der Waals surface area contributed by atoms with Crippen molar-refractivity contribution in [2.24, 2.45) is 0 Å². The molecule has 0 spiro atoms. The van der Waals surface area contributed by atoms with Crippen molar-refractivity contribution < 1.29 is 9.66 Å². The van der Waals surface area contributed by atoms with Crippen LogP contribution in [-0.2, 0) is 0 Å². The summed E-state index contributed by atoms with van der Waals surface area (Å²) in [5, 5.41) is 14.7. The predicted octanol–water partition coefficient (Wildman–Crippen LogP) is 4.52. The number of hydrogen-bond acceptors (Lipinski definition) is 5. The molecule has 6 nitrogen and oxygen atoms in total. The number of pyridine rings is 1. The average Bonchev–Trinajstić information content (AvgIpc) is 2.43. The molecule has 0 fully saturated rings. The number of nitrogens with one attached hydrogen (secondary N) is 1. The van der Waals surface area contributed by atoms with Gasteiger partial charge in [-0.05, 0) is 25.1 Å². The molecule has 0 aliphatic rings. The molecule has 1 aromatic heterocycles. The second-order valence-electron chi connectivity index (χ2n) is 3.99. The Balaban J connectivity index is 2.43. The van der Waals surface area contributed by atoms with Crippen molar-refractivity contribution in [3.63, 3.8) is 0 Å². The van der Waals surface area contributed by atoms with Crippen molar-refractivity contribution in [1.29, 1.82) is 0 Å². The maximum absolute atomic E-state index is 11.0. The van der Waals surface area contributed by atoms with Crippen LogP contribution in [0.4, 0.5) is 11.5 Å². The third kappa shape index (κ3) is 3.74. The van der Waals surface area contributed by atoms with E-state index in [2.05, 4.69) is 10.3 Å². The number of halogens is 2. The quantitative estimate of drug-likeness (QED) is 0.645. The molecule has 21 heavy (non-hydrogen) atoms. The lowest BCUT2D eigenvalue weighted by Gasteiger charge is -2.09. The molecule has 110 valence electrons. The number of rotatable bonds is 5. The summed E-state index contributed by atoms with van der Waals surface area (Å²) in [6.07, 6.45) is 0. The normalized spacial score (nSPS) is 10.2. The van der Waals surface area contributed by atoms with Crippen LogP contribution >= 0.6 is 23.2 Å². The summed E-state index contributed by atoms with van der Waals surface area (Å²) in [7, 11) is 0. The lowest BCUT2D eigenvalue weighted by Crippen LogP contribution is -2.02. The summed E-state index contributed by atoms with van der Waals surface area (Å²) in [6, 6.07) is 7.43. The smallest absolute Gasteiger partial charge is 0.331 e. The van der Waals surface area contributed by atoms with E-state index in [9.17, 15) is 10.1 Å². The number of nitrogens with zero attached hydrogens (tertiary/aromatic N) is 2. The molecular weight excluding hydrogens is 317 g/mol. The Bertz CT molecular complexity index is 680. The van der Waals surface area contributed by atoms with Gasteiger partial charge in [-0.1, -0.05) is 23.2 Å². The van der Waals surface area contributed by atoms with Crippen LogP contribution in [0.15, 0.2) is 30.3 Å². The molecule has 0 aliphatic carbocycles. The fourth-order valence-electron chi connectivity index (χ4n) is 1.59. The number of ether oxygens (including phenoxy) is 1. The number of aromatic nitrogens is 1. The fourth-order valence-corrected chi connectivity index (χ4v) is 1.90. The van der Waals surface area contributed by atoms with E-state index in [0.29, 0.717) is 17.4 Å². The Hall–Kier alpha value is -2.05. The van der Waals surface area contributed by atoms with Crippen molar-refractivity contribution in [2.75, 3.05) is 11.9 Å². The van der Waals surface area contributed by atoms with Gasteiger partial charge in [0, 0.05) is 23.7 Å². The molecule has 2 rings (SSSR count). The van der Waals surface area contributed by atoms with Gasteiger partial charge in [0.2, 0.25) is 0 Å². The highest BCUT2D eigenvalue weighted by atomic mass is 35.5. The number of benzene rings is 1. The van der Waals surface area contributed by atoms with Crippen LogP contribution in [0.25, 0.3) is 0 Å². The van der Waals surface area contributed by atoms with Crippen LogP contribution < -0.4 is 10.1 Å². The van der Waals surface area contributed by atoms with Crippen molar-refractivity contribution in [3.05, 3.63) is 50.5 Å². The van der Waals surface area contributed by atoms with Gasteiger partial charge in [0.05, 0.1) is 9.95 Å². The van der Waals surface area contributed by atoms with Crippen molar-refractivity contribution >= 4 is 34.7 Å². The van der Waals surface area contributed by atoms with Gasteiger partial charge in [-0.25, -0.2) is 0 Å². The molecule has 0 radical (unpaired) electrons. The molecule has 0 unspecified atom stereocenters. The van der Waals surface area contributed by atoms with Gasteiger partial charge in [-0.15, -0.1) is 0 Å². The third-order valence-electron chi connectivity index (χ3n) is 2.49. The first kappa shape index (κ1) is 15.3. The van der Waals surface area contributed by atoms with Crippen LogP contribution in [0.5, 0.6) is 11.6 Å². The summed E-state index contributed by atoms with van der Waals surface area (Å²) >= 11 is 11.8. The summed E-state index contributed by atoms with van der Waals surface area (Å²) in [6.45, 7) is 2.51. The highest BCUT2D eigenvalue weighted by Crippen LogP contribution is 2.35. The Morgan fingerprint density at radius 1 is 1.33 bits per heavy atom. The zero-order chi connectivity index (χ0) is 15.4. The summed E-state index contributed by atoms with van der Waals surface area (Å²) < 4.78 is 5.46. The molecule has 0 saturated heterocycles. The molecule has 0 amide bonds. The van der Waals surface area contributed by atoms with E-state index in [4.69, 9.17) is 27.9 Å². The van der Waals surface area contributed by atoms with Crippen molar-refractivity contribution in [3.8, 4) is 11.6 Å². The van der Waals surface area contributed by atoms with Gasteiger partial charge in [-0.2, -0.15) is 4.98 Å². The highest BCUT2D eigenvalue weighted by molar-refractivity contribution is 6.34. The highest BCUT2D eigenvalue weighted by Gasteiger charge is 2.19. The van der Waals surface area contributed by atoms with Crippen LogP contribution in [-0.4, -0.2) is 16.5 Å². The van der Waals surface area contributed by atoms with E-state index in [-0.39, 0.29) is 22.3 Å². The van der Waals surface area contributed by atoms with E-state index in [1.807, 2.05) is 6.92 Å². The minimum atomic E-state index is -0.573. The van der Waals surface area contributed by atoms with Gasteiger partial charge in [0.15, 0.2) is 0 Å². The van der Waals surface area contributed by atoms with Crippen molar-refractivity contribution in [2.45, 2.75) is 6.92 Å². The summed E-state index contributed by atoms with van der Waals surface area (Å²) in [5.41, 5.74) is -0.257. The van der Waals surface area contributed by atoms with Crippen LogP contribution in [0.1, 0.15) is 6.92 Å². The molecule has 1 N–H and O–H groups in total. The predicted molar refractivity (Wildman–Crippen MR) is 81.6 cm³/mol. The number of nitro groups is 1. The van der Waals surface area contributed by atoms with E-state index in [1.54, 1.807) is 12.1 Å². The topological polar surface area (TPSA) is 77.3 Å². The Labute approximate surface area is 130 Å². The molecule has 0 saturated carbocycles. The van der Waals surface area contributed by atoms with Crippen LogP contribution in [0.2, 0.25) is 10.0 Å². The van der Waals surface area contributed by atoms with E-state index >= 15 is 0 Å². The average molecular weight is 328 g/mol. The van der Waals surface area contributed by atoms with E-state index in [0.717, 1.165) is 0 Å². The molecule has 1 aromatic carbocycles. The summed E-state index contributed by atoms with van der Waals surface area (Å²) in [5.74, 6) is 0.521. The maximum Gasteiger partial charge on any atom is 0.331 e. The maximum atomic E-state index is 11.0. The first-order valence-electron chi connectivity index (χ1n) is 6.03. The van der Waals surface area contributed by atoms with Crippen LogP contribution in [0.3, 0.4) is 0 Å². The van der Waals surface area contributed by atoms with Gasteiger partial charge in [-0.3, -0.25) is 10.1 Å². The summed E-state index contributed by atoms with van der Waals surface area (Å²) in [4.78, 5) is 14.5. The first-order chi connectivity index (χ1) is 10.0. The lowest BCUT2D eigenvalue weighted by molar-refractivity contribution is -0.386. The Morgan fingerprint density at radius 3 is 2.76 bits per heavy atom. The molecule has 2 aromatic rings. The second-order valence-corrected chi connectivity index (χ2v) is 4.83. The number of anilines is 1. The number of hydrogen-bond donors (Lipinski definition) is 1. The standard InChI is InChI=1S/C13H11Cl2N3O3/c1-2-16-12-6-5-10(18(19)20)13(17-12)21-11-7-8(14)3-4-9(11)15/h3-7H,2H2,1H3,(H,16,17). The monoisotopic (exact) mass is 327 g/mol. The third-order valence-corrected chi connectivity index (χ3v) is 3.04. The largest absolute Gasteiger partial charge is 0.432 e. The van der Waals surface area contributed by atoms with Gasteiger partial charge in [0.25, 0.3) is 0 Å². The molecule has 0 bridgehead atoms. The lowest BCUT2D eigenvalue weighted by atomic mass is 10.3. The second kappa shape index (κ2) is 6.60. The minimum absolute atomic E-state index is 0.150. The molecule has 0 aliphatic heterocycles. The minimum Gasteiger partial charge on any atom is -0.432 e. The molecule has 1 heterocycles. The first-order valence-corrected chi connectivity index (χ1v) is 6.79. The van der Waals surface area contributed by atoms with Gasteiger partial charge < -0.3 is 10.1 Å². The van der Waals surface area contributed by atoms with E-state index in [1.165, 1.54) is 18.2 Å². The Morgan fingerprint density at radius 2 is 2.10 bits per heavy atom. The van der Waals surface area contributed by atoms with Gasteiger partial charge in [0.1, 0.15) is 11.6 Å².